The Hall–Kier alpha value is -3.17. The lowest BCUT2D eigenvalue weighted by Crippen LogP contribution is -2.07. The van der Waals surface area contributed by atoms with Crippen LogP contribution in [0.15, 0.2) is 36.4 Å². The molecule has 0 fully saturated rings. The summed E-state index contributed by atoms with van der Waals surface area (Å²) in [6.45, 7) is 1.52. The Balaban J connectivity index is 2.45. The van der Waals surface area contributed by atoms with E-state index in [0.717, 1.165) is 12.1 Å². The molecule has 0 aromatic heterocycles. The average Bonchev–Trinajstić information content (AvgIpc) is 2.48. The van der Waals surface area contributed by atoms with E-state index in [1.807, 2.05) is 0 Å². The summed E-state index contributed by atoms with van der Waals surface area (Å²) in [6, 6.07) is 6.02. The smallest absolute Gasteiger partial charge is 0.350 e. The maximum atomic E-state index is 12.7. The third-order valence-electron chi connectivity index (χ3n) is 3.21. The Morgan fingerprint density at radius 3 is 2.12 bits per heavy atom. The van der Waals surface area contributed by atoms with Crippen molar-refractivity contribution in [3.8, 4) is 0 Å². The van der Waals surface area contributed by atoms with Crippen LogP contribution in [0.2, 0.25) is 0 Å². The number of anilines is 2. The van der Waals surface area contributed by atoms with Gasteiger partial charge in [-0.2, -0.15) is 13.2 Å². The van der Waals surface area contributed by atoms with Crippen molar-refractivity contribution in [2.45, 2.75) is 13.1 Å². The molecule has 1 N–H and O–H groups in total. The third kappa shape index (κ3) is 3.59. The molecular formula is C14H10F3N3O4. The van der Waals surface area contributed by atoms with Crippen LogP contribution in [0.4, 0.5) is 35.9 Å². The monoisotopic (exact) mass is 341 g/mol. The van der Waals surface area contributed by atoms with E-state index in [1.54, 1.807) is 0 Å². The number of nitrogens with one attached hydrogen (secondary N) is 1. The third-order valence-corrected chi connectivity index (χ3v) is 3.21. The molecule has 0 unspecified atom stereocenters. The lowest BCUT2D eigenvalue weighted by molar-refractivity contribution is -0.385. The zero-order valence-corrected chi connectivity index (χ0v) is 12.1. The standard InChI is InChI=1S/C14H10F3N3O4/c1-8-2-4-10(7-12(8)19(21)22)18-11-5-3-9(14(15,16)17)6-13(11)20(23)24/h2-7,18H,1H3. The number of rotatable bonds is 4. The summed E-state index contributed by atoms with van der Waals surface area (Å²) in [5.41, 5.74) is -1.83. The molecule has 2 rings (SSSR count). The minimum atomic E-state index is -4.72. The Kier molecular flexibility index (Phi) is 4.40. The molecule has 0 amide bonds. The first-order chi connectivity index (χ1) is 11.1. The van der Waals surface area contributed by atoms with Gasteiger partial charge < -0.3 is 5.32 Å². The number of aryl methyl sites for hydroxylation is 1. The molecule has 10 heteroatoms. The normalized spacial score (nSPS) is 11.2. The molecule has 0 radical (unpaired) electrons. The van der Waals surface area contributed by atoms with E-state index in [0.29, 0.717) is 17.7 Å². The van der Waals surface area contributed by atoms with Crippen molar-refractivity contribution in [3.05, 3.63) is 67.8 Å². The summed E-state index contributed by atoms with van der Waals surface area (Å²) in [4.78, 5) is 20.3. The van der Waals surface area contributed by atoms with E-state index in [2.05, 4.69) is 5.32 Å². The van der Waals surface area contributed by atoms with E-state index in [-0.39, 0.29) is 17.1 Å². The van der Waals surface area contributed by atoms with Gasteiger partial charge in [-0.05, 0) is 25.1 Å². The van der Waals surface area contributed by atoms with Gasteiger partial charge in [0, 0.05) is 23.4 Å². The van der Waals surface area contributed by atoms with Crippen LogP contribution < -0.4 is 5.32 Å². The van der Waals surface area contributed by atoms with Crippen LogP contribution in [0.25, 0.3) is 0 Å². The van der Waals surface area contributed by atoms with Crippen molar-refractivity contribution >= 4 is 22.7 Å². The highest BCUT2D eigenvalue weighted by Crippen LogP contribution is 2.36. The zero-order valence-electron chi connectivity index (χ0n) is 12.1. The molecule has 0 atom stereocenters. The van der Waals surface area contributed by atoms with Crippen LogP contribution in [0, 0.1) is 27.2 Å². The van der Waals surface area contributed by atoms with Crippen LogP contribution in [0.3, 0.4) is 0 Å². The van der Waals surface area contributed by atoms with Crippen molar-refractivity contribution in [3.63, 3.8) is 0 Å². The Morgan fingerprint density at radius 2 is 1.58 bits per heavy atom. The van der Waals surface area contributed by atoms with Gasteiger partial charge in [-0.1, -0.05) is 6.07 Å². The molecule has 2 aromatic rings. The molecule has 0 aliphatic carbocycles. The zero-order chi connectivity index (χ0) is 18.1. The first-order valence-electron chi connectivity index (χ1n) is 6.47. The molecule has 0 saturated heterocycles. The predicted octanol–water partition coefficient (Wildman–Crippen LogP) is 4.57. The van der Waals surface area contributed by atoms with Crippen molar-refractivity contribution in [1.29, 1.82) is 0 Å². The van der Waals surface area contributed by atoms with E-state index < -0.39 is 27.3 Å². The number of nitro groups is 2. The molecule has 0 spiro atoms. The Labute approximate surface area is 133 Å². The number of halogens is 3. The fourth-order valence-corrected chi connectivity index (χ4v) is 2.00. The SMILES string of the molecule is Cc1ccc(Nc2ccc(C(F)(F)F)cc2[N+](=O)[O-])cc1[N+](=O)[O-]. The first kappa shape index (κ1) is 17.2. The molecule has 2 aromatic carbocycles. The second-order valence-electron chi connectivity index (χ2n) is 4.87. The van der Waals surface area contributed by atoms with Gasteiger partial charge in [-0.3, -0.25) is 20.2 Å². The van der Waals surface area contributed by atoms with Gasteiger partial charge in [0.15, 0.2) is 0 Å². The van der Waals surface area contributed by atoms with Crippen molar-refractivity contribution in [1.82, 2.24) is 0 Å². The minimum Gasteiger partial charge on any atom is -0.350 e. The van der Waals surface area contributed by atoms with Gasteiger partial charge >= 0.3 is 6.18 Å². The lowest BCUT2D eigenvalue weighted by atomic mass is 10.1. The summed E-state index contributed by atoms with van der Waals surface area (Å²) in [5.74, 6) is 0. The molecule has 0 aliphatic rings. The predicted molar refractivity (Wildman–Crippen MR) is 79.2 cm³/mol. The van der Waals surface area contributed by atoms with Gasteiger partial charge in [0.05, 0.1) is 15.4 Å². The summed E-state index contributed by atoms with van der Waals surface area (Å²) in [7, 11) is 0. The fourth-order valence-electron chi connectivity index (χ4n) is 2.00. The van der Waals surface area contributed by atoms with Crippen molar-refractivity contribution < 1.29 is 23.0 Å². The summed E-state index contributed by atoms with van der Waals surface area (Å²) in [5, 5.41) is 24.5. The molecule has 24 heavy (non-hydrogen) atoms. The highest BCUT2D eigenvalue weighted by Gasteiger charge is 2.33. The molecule has 7 nitrogen and oxygen atoms in total. The van der Waals surface area contributed by atoms with E-state index in [4.69, 9.17) is 0 Å². The number of nitro benzene ring substituents is 2. The Morgan fingerprint density at radius 1 is 0.958 bits per heavy atom. The quantitative estimate of drug-likeness (QED) is 0.648. The summed E-state index contributed by atoms with van der Waals surface area (Å²) >= 11 is 0. The highest BCUT2D eigenvalue weighted by atomic mass is 19.4. The summed E-state index contributed by atoms with van der Waals surface area (Å²) < 4.78 is 38.0. The van der Waals surface area contributed by atoms with Crippen molar-refractivity contribution in [2.75, 3.05) is 5.32 Å². The van der Waals surface area contributed by atoms with Gasteiger partial charge in [0.25, 0.3) is 11.4 Å². The topological polar surface area (TPSA) is 98.3 Å². The van der Waals surface area contributed by atoms with Crippen LogP contribution in [0.5, 0.6) is 0 Å². The van der Waals surface area contributed by atoms with Crippen LogP contribution in [-0.2, 0) is 6.18 Å². The minimum absolute atomic E-state index is 0.148. The average molecular weight is 341 g/mol. The number of hydrogen-bond acceptors (Lipinski definition) is 5. The largest absolute Gasteiger partial charge is 0.416 e. The first-order valence-corrected chi connectivity index (χ1v) is 6.47. The molecule has 0 heterocycles. The molecular weight excluding hydrogens is 331 g/mol. The molecule has 126 valence electrons. The lowest BCUT2D eigenvalue weighted by Gasteiger charge is -2.11. The summed E-state index contributed by atoms with van der Waals surface area (Å²) in [6.07, 6.45) is -4.72. The van der Waals surface area contributed by atoms with Crippen LogP contribution in [-0.4, -0.2) is 9.85 Å². The van der Waals surface area contributed by atoms with Gasteiger partial charge in [0.1, 0.15) is 5.69 Å². The molecule has 0 bridgehead atoms. The van der Waals surface area contributed by atoms with E-state index >= 15 is 0 Å². The van der Waals surface area contributed by atoms with Crippen molar-refractivity contribution in [2.24, 2.45) is 0 Å². The fraction of sp³-hybridized carbons (Fsp3) is 0.143. The van der Waals surface area contributed by atoms with E-state index in [1.165, 1.54) is 19.1 Å². The maximum absolute atomic E-state index is 12.7. The van der Waals surface area contributed by atoms with Gasteiger partial charge in [-0.25, -0.2) is 0 Å². The van der Waals surface area contributed by atoms with Gasteiger partial charge in [-0.15, -0.1) is 0 Å². The maximum Gasteiger partial charge on any atom is 0.416 e. The number of hydrogen-bond donors (Lipinski definition) is 1. The molecule has 0 saturated carbocycles. The number of benzene rings is 2. The Bertz CT molecular complexity index is 821. The number of alkyl halides is 3. The van der Waals surface area contributed by atoms with Crippen LogP contribution >= 0.6 is 0 Å². The number of nitrogens with zero attached hydrogens (tertiary/aromatic N) is 2. The second kappa shape index (κ2) is 6.14. The van der Waals surface area contributed by atoms with E-state index in [9.17, 15) is 33.4 Å². The second-order valence-corrected chi connectivity index (χ2v) is 4.87. The molecule has 0 aliphatic heterocycles. The van der Waals surface area contributed by atoms with Crippen LogP contribution in [0.1, 0.15) is 11.1 Å². The van der Waals surface area contributed by atoms with Gasteiger partial charge in [0.2, 0.25) is 0 Å². The highest BCUT2D eigenvalue weighted by molar-refractivity contribution is 5.71.